The van der Waals surface area contributed by atoms with Gasteiger partial charge in [-0.15, -0.1) is 0 Å². The van der Waals surface area contributed by atoms with Crippen molar-refractivity contribution in [1.29, 1.82) is 0 Å². The van der Waals surface area contributed by atoms with Gasteiger partial charge in [0.2, 0.25) is 11.8 Å². The van der Waals surface area contributed by atoms with Crippen LogP contribution in [0, 0.1) is 0 Å². The van der Waals surface area contributed by atoms with Crippen LogP contribution in [0.3, 0.4) is 0 Å². The molecule has 0 rings (SSSR count). The molecule has 0 saturated carbocycles. The summed E-state index contributed by atoms with van der Waals surface area (Å²) >= 11 is 0. The summed E-state index contributed by atoms with van der Waals surface area (Å²) in [4.78, 5) is 36.0. The number of amides is 2. The van der Waals surface area contributed by atoms with E-state index in [1.165, 1.54) is 51.9 Å². The summed E-state index contributed by atoms with van der Waals surface area (Å²) in [6.45, 7) is 5.36. The van der Waals surface area contributed by atoms with E-state index in [2.05, 4.69) is 17.6 Å². The average molecular weight is 459 g/mol. The summed E-state index contributed by atoms with van der Waals surface area (Å²) in [6.07, 6.45) is 11.4. The second-order valence-corrected chi connectivity index (χ2v) is 8.75. The lowest BCUT2D eigenvalue weighted by atomic mass is 10.0. The number of hydrogen-bond donors (Lipinski definition) is 5. The van der Waals surface area contributed by atoms with E-state index in [9.17, 15) is 29.7 Å². The van der Waals surface area contributed by atoms with Gasteiger partial charge in [0.1, 0.15) is 6.04 Å². The fourth-order valence-corrected chi connectivity index (χ4v) is 3.63. The molecule has 0 aliphatic carbocycles. The van der Waals surface area contributed by atoms with Gasteiger partial charge in [0.15, 0.2) is 6.04 Å². The standard InChI is InChI=1S/C24H46N2O6/c1-4-6-7-8-9-10-11-12-13-14-15-17-20(29)25-21(18(3)27)23(30)26-22(24(31)32)19(28)16-5-2/h18-19,21-22,27-28H,4-17H2,1-3H3,(H,25,29)(H,26,30)(H,31,32). The Balaban J connectivity index is 4.24. The Labute approximate surface area is 193 Å². The molecule has 0 aliphatic rings. The minimum atomic E-state index is -1.49. The summed E-state index contributed by atoms with van der Waals surface area (Å²) in [6, 6.07) is -2.77. The minimum absolute atomic E-state index is 0.210. The highest BCUT2D eigenvalue weighted by Gasteiger charge is 2.32. The van der Waals surface area contributed by atoms with Crippen LogP contribution in [0.2, 0.25) is 0 Å². The lowest BCUT2D eigenvalue weighted by Crippen LogP contribution is -2.58. The number of aliphatic carboxylic acids is 1. The van der Waals surface area contributed by atoms with E-state index >= 15 is 0 Å². The molecular weight excluding hydrogens is 412 g/mol. The van der Waals surface area contributed by atoms with Crippen molar-refractivity contribution in [3.63, 3.8) is 0 Å². The van der Waals surface area contributed by atoms with Gasteiger partial charge in [-0.3, -0.25) is 9.59 Å². The number of aliphatic hydroxyl groups excluding tert-OH is 2. The fourth-order valence-electron chi connectivity index (χ4n) is 3.63. The van der Waals surface area contributed by atoms with Crippen molar-refractivity contribution >= 4 is 17.8 Å². The normalized spacial score (nSPS) is 14.9. The number of carbonyl (C=O) groups excluding carboxylic acids is 2. The quantitative estimate of drug-likeness (QED) is 0.178. The zero-order valence-electron chi connectivity index (χ0n) is 20.3. The highest BCUT2D eigenvalue weighted by atomic mass is 16.4. The zero-order valence-corrected chi connectivity index (χ0v) is 20.3. The van der Waals surface area contributed by atoms with E-state index < -0.39 is 36.2 Å². The smallest absolute Gasteiger partial charge is 0.328 e. The fraction of sp³-hybridized carbons (Fsp3) is 0.875. The monoisotopic (exact) mass is 458 g/mol. The summed E-state index contributed by atoms with van der Waals surface area (Å²) in [5.74, 6) is -2.55. The number of carbonyl (C=O) groups is 3. The third kappa shape index (κ3) is 14.4. The van der Waals surface area contributed by atoms with Gasteiger partial charge in [0.05, 0.1) is 12.2 Å². The molecule has 2 amide bonds. The van der Waals surface area contributed by atoms with E-state index in [1.807, 2.05) is 0 Å². The summed E-state index contributed by atoms with van der Waals surface area (Å²) in [5, 5.41) is 33.8. The van der Waals surface area contributed by atoms with Gasteiger partial charge in [-0.05, 0) is 19.8 Å². The van der Waals surface area contributed by atoms with Gasteiger partial charge in [-0.25, -0.2) is 4.79 Å². The van der Waals surface area contributed by atoms with E-state index in [0.717, 1.165) is 19.3 Å². The van der Waals surface area contributed by atoms with Crippen LogP contribution in [0.1, 0.15) is 111 Å². The molecule has 0 aromatic rings. The zero-order chi connectivity index (χ0) is 24.4. The summed E-state index contributed by atoms with van der Waals surface area (Å²) < 4.78 is 0. The van der Waals surface area contributed by atoms with Crippen molar-refractivity contribution in [2.45, 2.75) is 135 Å². The molecule has 0 heterocycles. The SMILES string of the molecule is CCCCCCCCCCCCCC(=O)NC(C(=O)NC(C(=O)O)C(O)CCC)C(C)O. The van der Waals surface area contributed by atoms with Crippen LogP contribution in [0.25, 0.3) is 0 Å². The van der Waals surface area contributed by atoms with Crippen molar-refractivity contribution in [3.8, 4) is 0 Å². The second-order valence-electron chi connectivity index (χ2n) is 8.75. The third-order valence-electron chi connectivity index (χ3n) is 5.62. The van der Waals surface area contributed by atoms with Crippen molar-refractivity contribution in [2.75, 3.05) is 0 Å². The molecule has 0 radical (unpaired) electrons. The number of carboxylic acid groups (broad SMARTS) is 1. The first-order valence-corrected chi connectivity index (χ1v) is 12.4. The lowest BCUT2D eigenvalue weighted by molar-refractivity contribution is -0.146. The molecule has 0 aliphatic heterocycles. The summed E-state index contributed by atoms with van der Waals surface area (Å²) in [5.41, 5.74) is 0. The van der Waals surface area contributed by atoms with Gasteiger partial charge in [-0.2, -0.15) is 0 Å². The van der Waals surface area contributed by atoms with Crippen LogP contribution >= 0.6 is 0 Å². The first-order valence-electron chi connectivity index (χ1n) is 12.4. The third-order valence-corrected chi connectivity index (χ3v) is 5.62. The molecule has 8 heteroatoms. The van der Waals surface area contributed by atoms with Gasteiger partial charge in [-0.1, -0.05) is 84.5 Å². The summed E-state index contributed by atoms with van der Waals surface area (Å²) in [7, 11) is 0. The van der Waals surface area contributed by atoms with Gasteiger partial charge < -0.3 is 26.0 Å². The van der Waals surface area contributed by atoms with E-state index in [4.69, 9.17) is 0 Å². The van der Waals surface area contributed by atoms with Crippen molar-refractivity contribution in [3.05, 3.63) is 0 Å². The maximum atomic E-state index is 12.4. The van der Waals surface area contributed by atoms with Gasteiger partial charge in [0.25, 0.3) is 0 Å². The lowest BCUT2D eigenvalue weighted by Gasteiger charge is -2.25. The Bertz CT molecular complexity index is 527. The van der Waals surface area contributed by atoms with Crippen LogP contribution in [0.15, 0.2) is 0 Å². The minimum Gasteiger partial charge on any atom is -0.480 e. The molecular formula is C24H46N2O6. The molecule has 0 aromatic heterocycles. The average Bonchev–Trinajstić information content (AvgIpc) is 2.73. The van der Waals surface area contributed by atoms with E-state index in [-0.39, 0.29) is 18.7 Å². The topological polar surface area (TPSA) is 136 Å². The molecule has 0 spiro atoms. The molecule has 32 heavy (non-hydrogen) atoms. The van der Waals surface area contributed by atoms with Crippen LogP contribution in [0.4, 0.5) is 0 Å². The number of rotatable bonds is 20. The van der Waals surface area contributed by atoms with Gasteiger partial charge in [0, 0.05) is 6.42 Å². The van der Waals surface area contributed by atoms with E-state index in [0.29, 0.717) is 12.8 Å². The van der Waals surface area contributed by atoms with Crippen LogP contribution in [-0.4, -0.2) is 57.4 Å². The molecule has 188 valence electrons. The highest BCUT2D eigenvalue weighted by molar-refractivity contribution is 5.91. The molecule has 5 N–H and O–H groups in total. The first-order chi connectivity index (χ1) is 15.2. The number of unbranched alkanes of at least 4 members (excludes halogenated alkanes) is 10. The maximum absolute atomic E-state index is 12.4. The second kappa shape index (κ2) is 18.9. The van der Waals surface area contributed by atoms with E-state index in [1.54, 1.807) is 6.92 Å². The molecule has 4 unspecified atom stereocenters. The molecule has 0 saturated heterocycles. The number of nitrogens with one attached hydrogen (secondary N) is 2. The Morgan fingerprint density at radius 2 is 1.22 bits per heavy atom. The van der Waals surface area contributed by atoms with Crippen LogP contribution < -0.4 is 10.6 Å². The van der Waals surface area contributed by atoms with Crippen molar-refractivity contribution in [2.24, 2.45) is 0 Å². The maximum Gasteiger partial charge on any atom is 0.328 e. The molecule has 0 bridgehead atoms. The predicted octanol–water partition coefficient (Wildman–Crippen LogP) is 3.28. The highest BCUT2D eigenvalue weighted by Crippen LogP contribution is 2.12. The Hall–Kier alpha value is -1.67. The molecule has 4 atom stereocenters. The van der Waals surface area contributed by atoms with Crippen molar-refractivity contribution in [1.82, 2.24) is 10.6 Å². The van der Waals surface area contributed by atoms with Crippen LogP contribution in [0.5, 0.6) is 0 Å². The number of hydrogen-bond acceptors (Lipinski definition) is 5. The molecule has 8 nitrogen and oxygen atoms in total. The molecule has 0 aromatic carbocycles. The number of carboxylic acids is 1. The Morgan fingerprint density at radius 3 is 1.66 bits per heavy atom. The Kier molecular flexibility index (Phi) is 17.9. The molecule has 0 fully saturated rings. The largest absolute Gasteiger partial charge is 0.480 e. The van der Waals surface area contributed by atoms with Crippen LogP contribution in [-0.2, 0) is 14.4 Å². The Morgan fingerprint density at radius 1 is 0.719 bits per heavy atom. The van der Waals surface area contributed by atoms with Gasteiger partial charge >= 0.3 is 5.97 Å². The van der Waals surface area contributed by atoms with Crippen molar-refractivity contribution < 1.29 is 29.7 Å². The first kappa shape index (κ1) is 30.3. The predicted molar refractivity (Wildman–Crippen MR) is 125 cm³/mol. The number of aliphatic hydroxyl groups is 2.